The Morgan fingerprint density at radius 3 is 2.95 bits per heavy atom. The van der Waals surface area contributed by atoms with Crippen molar-refractivity contribution in [1.29, 1.82) is 0 Å². The number of carbonyl (C=O) groups excluding carboxylic acids is 2. The van der Waals surface area contributed by atoms with Gasteiger partial charge in [-0.05, 0) is 24.1 Å². The second-order valence-electron chi connectivity index (χ2n) is 5.25. The molecule has 1 saturated heterocycles. The summed E-state index contributed by atoms with van der Waals surface area (Å²) in [7, 11) is 0. The summed E-state index contributed by atoms with van der Waals surface area (Å²) in [5.41, 5.74) is 1.72. The third-order valence-electron chi connectivity index (χ3n) is 3.67. The van der Waals surface area contributed by atoms with Crippen LogP contribution >= 0.6 is 0 Å². The van der Waals surface area contributed by atoms with E-state index in [-0.39, 0.29) is 18.5 Å². The number of nitrogens with one attached hydrogen (secondary N) is 2. The molecule has 1 aromatic carbocycles. The van der Waals surface area contributed by atoms with Gasteiger partial charge in [0, 0.05) is 19.6 Å². The largest absolute Gasteiger partial charge is 0.482 e. The third-order valence-corrected chi connectivity index (χ3v) is 3.67. The highest BCUT2D eigenvalue weighted by Crippen LogP contribution is 2.28. The van der Waals surface area contributed by atoms with Crippen molar-refractivity contribution in [2.24, 2.45) is 0 Å². The van der Waals surface area contributed by atoms with Crippen LogP contribution in [0.2, 0.25) is 0 Å². The number of benzene rings is 1. The van der Waals surface area contributed by atoms with Gasteiger partial charge in [0.05, 0.1) is 18.9 Å². The average Bonchev–Trinajstić information content (AvgIpc) is 2.55. The zero-order valence-corrected chi connectivity index (χ0v) is 12.3. The van der Waals surface area contributed by atoms with Crippen LogP contribution < -0.4 is 15.4 Å². The predicted octanol–water partition coefficient (Wildman–Crippen LogP) is 0.602. The standard InChI is InChI=1S/C15H19N3O4/c19-14-10-22-13-2-1-11(9-12(13)17-14)3-4-16-15(20)18-5-7-21-8-6-18/h1-2,9H,3-8,10H2,(H,16,20)(H,17,19). The predicted molar refractivity (Wildman–Crippen MR) is 80.1 cm³/mol. The topological polar surface area (TPSA) is 79.9 Å². The molecule has 2 aliphatic heterocycles. The summed E-state index contributed by atoms with van der Waals surface area (Å²) in [4.78, 5) is 25.0. The number of amides is 3. The molecule has 0 saturated carbocycles. The summed E-state index contributed by atoms with van der Waals surface area (Å²) < 4.78 is 10.5. The highest BCUT2D eigenvalue weighted by Gasteiger charge is 2.17. The minimum absolute atomic E-state index is 0.0575. The van der Waals surface area contributed by atoms with Crippen molar-refractivity contribution in [3.05, 3.63) is 23.8 Å². The lowest BCUT2D eigenvalue weighted by Gasteiger charge is -2.27. The molecule has 2 heterocycles. The molecule has 0 aromatic heterocycles. The van der Waals surface area contributed by atoms with Crippen molar-refractivity contribution < 1.29 is 19.1 Å². The van der Waals surface area contributed by atoms with Crippen molar-refractivity contribution in [2.45, 2.75) is 6.42 Å². The van der Waals surface area contributed by atoms with E-state index in [1.54, 1.807) is 4.90 Å². The van der Waals surface area contributed by atoms with Gasteiger partial charge in [-0.3, -0.25) is 4.79 Å². The fourth-order valence-electron chi connectivity index (χ4n) is 2.48. The number of fused-ring (bicyclic) bond motifs is 1. The number of hydrogen-bond donors (Lipinski definition) is 2. The SMILES string of the molecule is O=C1COc2ccc(CCNC(=O)N3CCOCC3)cc2N1. The van der Waals surface area contributed by atoms with Crippen LogP contribution in [-0.2, 0) is 16.0 Å². The molecule has 7 heteroatoms. The maximum Gasteiger partial charge on any atom is 0.317 e. The average molecular weight is 305 g/mol. The Labute approximate surface area is 128 Å². The van der Waals surface area contributed by atoms with Crippen LogP contribution in [0.25, 0.3) is 0 Å². The summed E-state index contributed by atoms with van der Waals surface area (Å²) in [6.45, 7) is 3.06. The van der Waals surface area contributed by atoms with E-state index in [4.69, 9.17) is 9.47 Å². The molecule has 0 radical (unpaired) electrons. The van der Waals surface area contributed by atoms with Gasteiger partial charge < -0.3 is 25.0 Å². The Bertz CT molecular complexity index is 570. The summed E-state index contributed by atoms with van der Waals surface area (Å²) in [5.74, 6) is 0.533. The summed E-state index contributed by atoms with van der Waals surface area (Å²) in [5, 5.41) is 5.68. The van der Waals surface area contributed by atoms with Gasteiger partial charge in [0.25, 0.3) is 5.91 Å². The van der Waals surface area contributed by atoms with Crippen LogP contribution in [0.3, 0.4) is 0 Å². The number of ether oxygens (including phenoxy) is 2. The first-order valence-electron chi connectivity index (χ1n) is 7.38. The van der Waals surface area contributed by atoms with Crippen LogP contribution in [0, 0.1) is 0 Å². The maximum atomic E-state index is 11.9. The van der Waals surface area contributed by atoms with Gasteiger partial charge in [0.15, 0.2) is 6.61 Å². The van der Waals surface area contributed by atoms with Crippen LogP contribution in [0.5, 0.6) is 5.75 Å². The molecule has 1 fully saturated rings. The van der Waals surface area contributed by atoms with Gasteiger partial charge in [-0.1, -0.05) is 6.07 Å². The Balaban J connectivity index is 1.50. The van der Waals surface area contributed by atoms with Gasteiger partial charge in [0.2, 0.25) is 0 Å². The van der Waals surface area contributed by atoms with E-state index in [1.165, 1.54) is 0 Å². The lowest BCUT2D eigenvalue weighted by Crippen LogP contribution is -2.46. The number of nitrogens with zero attached hydrogens (tertiary/aromatic N) is 1. The summed E-state index contributed by atoms with van der Waals surface area (Å²) in [6, 6.07) is 5.61. The van der Waals surface area contributed by atoms with E-state index in [2.05, 4.69) is 10.6 Å². The molecule has 0 spiro atoms. The number of anilines is 1. The lowest BCUT2D eigenvalue weighted by molar-refractivity contribution is -0.118. The van der Waals surface area contributed by atoms with E-state index >= 15 is 0 Å². The van der Waals surface area contributed by atoms with E-state index in [9.17, 15) is 9.59 Å². The van der Waals surface area contributed by atoms with Crippen molar-refractivity contribution >= 4 is 17.6 Å². The second-order valence-corrected chi connectivity index (χ2v) is 5.25. The first-order chi connectivity index (χ1) is 10.7. The highest BCUT2D eigenvalue weighted by molar-refractivity contribution is 5.95. The van der Waals surface area contributed by atoms with Gasteiger partial charge in [0.1, 0.15) is 5.75 Å². The number of rotatable bonds is 3. The molecule has 22 heavy (non-hydrogen) atoms. The van der Waals surface area contributed by atoms with Gasteiger partial charge >= 0.3 is 6.03 Å². The van der Waals surface area contributed by atoms with Gasteiger partial charge in [-0.15, -0.1) is 0 Å². The van der Waals surface area contributed by atoms with Crippen molar-refractivity contribution in [2.75, 3.05) is 44.8 Å². The normalized spacial score (nSPS) is 17.3. The molecule has 7 nitrogen and oxygen atoms in total. The quantitative estimate of drug-likeness (QED) is 0.857. The van der Waals surface area contributed by atoms with E-state index in [0.29, 0.717) is 50.7 Å². The lowest BCUT2D eigenvalue weighted by atomic mass is 10.1. The smallest absolute Gasteiger partial charge is 0.317 e. The first kappa shape index (κ1) is 14.6. The fraction of sp³-hybridized carbons (Fsp3) is 0.467. The molecule has 1 aromatic rings. The van der Waals surface area contributed by atoms with Gasteiger partial charge in [-0.2, -0.15) is 0 Å². The summed E-state index contributed by atoms with van der Waals surface area (Å²) in [6.07, 6.45) is 0.694. The van der Waals surface area contributed by atoms with E-state index in [0.717, 1.165) is 5.56 Å². The Morgan fingerprint density at radius 1 is 1.32 bits per heavy atom. The van der Waals surface area contributed by atoms with Crippen molar-refractivity contribution in [1.82, 2.24) is 10.2 Å². The molecule has 0 unspecified atom stereocenters. The van der Waals surface area contributed by atoms with Crippen LogP contribution in [0.1, 0.15) is 5.56 Å². The summed E-state index contributed by atoms with van der Waals surface area (Å²) >= 11 is 0. The van der Waals surface area contributed by atoms with Crippen LogP contribution in [0.4, 0.5) is 10.5 Å². The van der Waals surface area contributed by atoms with Gasteiger partial charge in [-0.25, -0.2) is 4.79 Å². The molecule has 2 aliphatic rings. The molecule has 0 aliphatic carbocycles. The van der Waals surface area contributed by atoms with Crippen LogP contribution in [0.15, 0.2) is 18.2 Å². The zero-order valence-electron chi connectivity index (χ0n) is 12.3. The molecular weight excluding hydrogens is 286 g/mol. The number of carbonyl (C=O) groups is 2. The van der Waals surface area contributed by atoms with Crippen molar-refractivity contribution in [3.8, 4) is 5.75 Å². The first-order valence-corrected chi connectivity index (χ1v) is 7.38. The maximum absolute atomic E-state index is 11.9. The monoisotopic (exact) mass is 305 g/mol. The van der Waals surface area contributed by atoms with Crippen LogP contribution in [-0.4, -0.2) is 56.3 Å². The van der Waals surface area contributed by atoms with E-state index < -0.39 is 0 Å². The molecule has 0 atom stereocenters. The third kappa shape index (κ3) is 3.48. The number of hydrogen-bond acceptors (Lipinski definition) is 4. The highest BCUT2D eigenvalue weighted by atomic mass is 16.5. The molecular formula is C15H19N3O4. The van der Waals surface area contributed by atoms with E-state index in [1.807, 2.05) is 18.2 Å². The second kappa shape index (κ2) is 6.65. The minimum Gasteiger partial charge on any atom is -0.482 e. The van der Waals surface area contributed by atoms with Crippen molar-refractivity contribution in [3.63, 3.8) is 0 Å². The Kier molecular flexibility index (Phi) is 4.43. The molecule has 3 rings (SSSR count). The number of morpholine rings is 1. The zero-order chi connectivity index (χ0) is 15.4. The fourth-order valence-corrected chi connectivity index (χ4v) is 2.48. The molecule has 0 bridgehead atoms. The Morgan fingerprint density at radius 2 is 2.14 bits per heavy atom. The molecule has 2 N–H and O–H groups in total. The molecule has 3 amide bonds. The molecule has 118 valence electrons. The Hall–Kier alpha value is -2.28. The minimum atomic E-state index is -0.148. The number of urea groups is 1.